The molecule has 0 aliphatic carbocycles. The number of H-pyrrole nitrogens is 1. The minimum Gasteiger partial charge on any atom is -0.367 e. The Morgan fingerprint density at radius 3 is 2.89 bits per heavy atom. The maximum absolute atomic E-state index is 11.9. The van der Waals surface area contributed by atoms with E-state index < -0.39 is 0 Å². The van der Waals surface area contributed by atoms with Gasteiger partial charge in [-0.15, -0.1) is 0 Å². The van der Waals surface area contributed by atoms with Crippen LogP contribution < -0.4 is 5.32 Å². The Morgan fingerprint density at radius 1 is 1.42 bits per heavy atom. The summed E-state index contributed by atoms with van der Waals surface area (Å²) in [7, 11) is 2.12. The summed E-state index contributed by atoms with van der Waals surface area (Å²) in [6.07, 6.45) is 1.11. The molecule has 0 amide bonds. The van der Waals surface area contributed by atoms with Crippen molar-refractivity contribution in [1.29, 1.82) is 0 Å². The molecule has 1 fully saturated rings. The largest absolute Gasteiger partial charge is 0.367 e. The zero-order chi connectivity index (χ0) is 13.4. The fourth-order valence-corrected chi connectivity index (χ4v) is 2.87. The number of Topliss-reactive ketones (excluding diaryl/α,β-unsaturated/α-hetero) is 1. The van der Waals surface area contributed by atoms with E-state index in [-0.39, 0.29) is 5.78 Å². The van der Waals surface area contributed by atoms with Crippen molar-refractivity contribution in [3.05, 3.63) is 29.8 Å². The minimum absolute atomic E-state index is 0.103. The number of carbonyl (C=O) groups excluding carboxylic acids is 1. The number of hydrogen-bond acceptors (Lipinski definition) is 3. The third-order valence-corrected chi connectivity index (χ3v) is 3.80. The van der Waals surface area contributed by atoms with Gasteiger partial charge < -0.3 is 15.2 Å². The van der Waals surface area contributed by atoms with Crippen molar-refractivity contribution >= 4 is 22.5 Å². The number of anilines is 1. The predicted octanol–water partition coefficient (Wildman–Crippen LogP) is 2.49. The molecule has 1 aromatic carbocycles. The van der Waals surface area contributed by atoms with Crippen LogP contribution in [0.4, 0.5) is 5.82 Å². The van der Waals surface area contributed by atoms with Crippen molar-refractivity contribution in [2.24, 2.45) is 0 Å². The van der Waals surface area contributed by atoms with Gasteiger partial charge in [0.05, 0.1) is 5.56 Å². The number of nitrogens with zero attached hydrogens (tertiary/aromatic N) is 1. The molecule has 4 nitrogen and oxygen atoms in total. The summed E-state index contributed by atoms with van der Waals surface area (Å²) in [5.41, 5.74) is 1.80. The highest BCUT2D eigenvalue weighted by atomic mass is 16.1. The van der Waals surface area contributed by atoms with Crippen molar-refractivity contribution < 1.29 is 4.79 Å². The van der Waals surface area contributed by atoms with E-state index in [4.69, 9.17) is 0 Å². The number of carbonyl (C=O) groups is 1. The maximum atomic E-state index is 11.9. The topological polar surface area (TPSA) is 48.1 Å². The number of hydrogen-bond donors (Lipinski definition) is 2. The molecule has 1 aliphatic rings. The molecule has 2 heterocycles. The molecule has 3 rings (SSSR count). The lowest BCUT2D eigenvalue weighted by Crippen LogP contribution is -2.24. The Balaban J connectivity index is 1.98. The van der Waals surface area contributed by atoms with Crippen LogP contribution in [0.25, 0.3) is 10.9 Å². The molecule has 4 heteroatoms. The molecule has 0 radical (unpaired) electrons. The zero-order valence-corrected chi connectivity index (χ0v) is 11.4. The van der Waals surface area contributed by atoms with Crippen molar-refractivity contribution in [1.82, 2.24) is 9.88 Å². The summed E-state index contributed by atoms with van der Waals surface area (Å²) in [4.78, 5) is 17.5. The molecule has 1 aliphatic heterocycles. The van der Waals surface area contributed by atoms with Gasteiger partial charge in [-0.1, -0.05) is 18.2 Å². The van der Waals surface area contributed by atoms with E-state index in [1.54, 1.807) is 6.92 Å². The van der Waals surface area contributed by atoms with Gasteiger partial charge in [0, 0.05) is 23.5 Å². The Bertz CT molecular complexity index is 617. The van der Waals surface area contributed by atoms with Gasteiger partial charge in [0.25, 0.3) is 0 Å². The lowest BCUT2D eigenvalue weighted by Gasteiger charge is -2.13. The molecule has 0 spiro atoms. The van der Waals surface area contributed by atoms with E-state index in [2.05, 4.69) is 22.2 Å². The number of benzene rings is 1. The van der Waals surface area contributed by atoms with Crippen molar-refractivity contribution in [2.75, 3.05) is 25.5 Å². The molecular formula is C15H19N3O. The summed E-state index contributed by atoms with van der Waals surface area (Å²) in [5.74, 6) is 0.973. The van der Waals surface area contributed by atoms with Crippen LogP contribution in [-0.2, 0) is 0 Å². The quantitative estimate of drug-likeness (QED) is 0.830. The third-order valence-electron chi connectivity index (χ3n) is 3.80. The van der Waals surface area contributed by atoms with Crippen molar-refractivity contribution in [3.63, 3.8) is 0 Å². The molecule has 1 atom stereocenters. The average molecular weight is 257 g/mol. The van der Waals surface area contributed by atoms with Crippen molar-refractivity contribution in [3.8, 4) is 0 Å². The van der Waals surface area contributed by atoms with Crippen molar-refractivity contribution in [2.45, 2.75) is 19.4 Å². The second-order valence-electron chi connectivity index (χ2n) is 5.37. The van der Waals surface area contributed by atoms with E-state index >= 15 is 0 Å². The lowest BCUT2D eigenvalue weighted by atomic mass is 10.1. The van der Waals surface area contributed by atoms with Crippen LogP contribution in [0.5, 0.6) is 0 Å². The highest BCUT2D eigenvalue weighted by Crippen LogP contribution is 2.28. The Labute approximate surface area is 112 Å². The van der Waals surface area contributed by atoms with Gasteiger partial charge in [0.2, 0.25) is 0 Å². The first-order chi connectivity index (χ1) is 9.15. The summed E-state index contributed by atoms with van der Waals surface area (Å²) in [6, 6.07) is 8.37. The predicted molar refractivity (Wildman–Crippen MR) is 77.8 cm³/mol. The monoisotopic (exact) mass is 257 g/mol. The van der Waals surface area contributed by atoms with Crippen LogP contribution in [0, 0.1) is 0 Å². The number of para-hydroxylation sites is 1. The van der Waals surface area contributed by atoms with Gasteiger partial charge in [0.1, 0.15) is 5.82 Å². The van der Waals surface area contributed by atoms with Gasteiger partial charge in [-0.3, -0.25) is 4.79 Å². The zero-order valence-electron chi connectivity index (χ0n) is 11.4. The molecule has 0 saturated carbocycles. The van der Waals surface area contributed by atoms with Crippen LogP contribution in [0.15, 0.2) is 24.3 Å². The SMILES string of the molecule is CC(=O)c1c(NC2CCN(C)C2)[nH]c2ccccc12. The first-order valence-electron chi connectivity index (χ1n) is 6.72. The van der Waals surface area contributed by atoms with Crippen LogP contribution in [0.1, 0.15) is 23.7 Å². The van der Waals surface area contributed by atoms with E-state index in [0.717, 1.165) is 41.8 Å². The van der Waals surface area contributed by atoms with E-state index in [1.807, 2.05) is 24.3 Å². The number of fused-ring (bicyclic) bond motifs is 1. The van der Waals surface area contributed by atoms with E-state index in [0.29, 0.717) is 6.04 Å². The van der Waals surface area contributed by atoms with Gasteiger partial charge in [-0.05, 0) is 33.0 Å². The van der Waals surface area contributed by atoms with Gasteiger partial charge in [-0.2, -0.15) is 0 Å². The van der Waals surface area contributed by atoms with Gasteiger partial charge in [-0.25, -0.2) is 0 Å². The fraction of sp³-hybridized carbons (Fsp3) is 0.400. The molecule has 19 heavy (non-hydrogen) atoms. The molecule has 2 aromatic rings. The molecule has 0 bridgehead atoms. The second kappa shape index (κ2) is 4.70. The normalized spacial score (nSPS) is 20.0. The molecule has 100 valence electrons. The molecule has 1 saturated heterocycles. The summed E-state index contributed by atoms with van der Waals surface area (Å²) < 4.78 is 0. The molecule has 1 aromatic heterocycles. The second-order valence-corrected chi connectivity index (χ2v) is 5.37. The Morgan fingerprint density at radius 2 is 2.21 bits per heavy atom. The van der Waals surface area contributed by atoms with Crippen LogP contribution >= 0.6 is 0 Å². The van der Waals surface area contributed by atoms with E-state index in [1.165, 1.54) is 0 Å². The minimum atomic E-state index is 0.103. The van der Waals surface area contributed by atoms with Crippen LogP contribution in [0.2, 0.25) is 0 Å². The maximum Gasteiger partial charge on any atom is 0.164 e. The van der Waals surface area contributed by atoms with Gasteiger partial charge >= 0.3 is 0 Å². The molecule has 1 unspecified atom stereocenters. The number of likely N-dealkylation sites (N-methyl/N-ethyl adjacent to an activating group) is 1. The molecule has 2 N–H and O–H groups in total. The number of rotatable bonds is 3. The lowest BCUT2D eigenvalue weighted by molar-refractivity contribution is 0.102. The first-order valence-corrected chi connectivity index (χ1v) is 6.72. The number of ketones is 1. The highest BCUT2D eigenvalue weighted by Gasteiger charge is 2.22. The fourth-order valence-electron chi connectivity index (χ4n) is 2.87. The average Bonchev–Trinajstić information content (AvgIpc) is 2.92. The van der Waals surface area contributed by atoms with Crippen LogP contribution in [0.3, 0.4) is 0 Å². The van der Waals surface area contributed by atoms with E-state index in [9.17, 15) is 4.79 Å². The Kier molecular flexibility index (Phi) is 3.03. The number of aromatic amines is 1. The number of aromatic nitrogens is 1. The molecular weight excluding hydrogens is 238 g/mol. The highest BCUT2D eigenvalue weighted by molar-refractivity contribution is 6.11. The third kappa shape index (κ3) is 2.24. The smallest absolute Gasteiger partial charge is 0.164 e. The van der Waals surface area contributed by atoms with Gasteiger partial charge in [0.15, 0.2) is 5.78 Å². The number of likely N-dealkylation sites (tertiary alicyclic amines) is 1. The standard InChI is InChI=1S/C15H19N3O/c1-10(19)14-12-5-3-4-6-13(12)17-15(14)16-11-7-8-18(2)9-11/h3-6,11,16-17H,7-9H2,1-2H3. The first kappa shape index (κ1) is 12.2. The number of nitrogens with one attached hydrogen (secondary N) is 2. The summed E-state index contributed by atoms with van der Waals surface area (Å²) >= 11 is 0. The summed E-state index contributed by atoms with van der Waals surface area (Å²) in [6.45, 7) is 3.75. The summed E-state index contributed by atoms with van der Waals surface area (Å²) in [5, 5.41) is 4.50. The Hall–Kier alpha value is -1.81. The van der Waals surface area contributed by atoms with Crippen LogP contribution in [-0.4, -0.2) is 41.8 Å².